The van der Waals surface area contributed by atoms with Crippen molar-refractivity contribution in [2.75, 3.05) is 7.11 Å². The van der Waals surface area contributed by atoms with Gasteiger partial charge in [-0.2, -0.15) is 0 Å². The molecule has 4 nitrogen and oxygen atoms in total. The van der Waals surface area contributed by atoms with Crippen LogP contribution >= 0.6 is 11.6 Å². The molecule has 0 saturated carbocycles. The third kappa shape index (κ3) is 3.37. The number of ether oxygens (including phenoxy) is 2. The third-order valence-corrected chi connectivity index (χ3v) is 2.14. The molecule has 0 aliphatic rings. The van der Waals surface area contributed by atoms with Gasteiger partial charge in [-0.15, -0.1) is 24.8 Å². The van der Waals surface area contributed by atoms with E-state index in [0.717, 1.165) is 13.3 Å². The number of nitrogens with zero attached hydrogens (tertiary/aromatic N) is 1. The summed E-state index contributed by atoms with van der Waals surface area (Å²) in [5.41, 5.74) is -0.0290. The van der Waals surface area contributed by atoms with Gasteiger partial charge in [0.25, 0.3) is 0 Å². The second-order valence-electron chi connectivity index (χ2n) is 2.93. The van der Waals surface area contributed by atoms with Crippen LogP contribution in [0.25, 0.3) is 0 Å². The average Bonchev–Trinajstić information content (AvgIpc) is 2.26. The van der Waals surface area contributed by atoms with Crippen LogP contribution in [0.15, 0.2) is 6.20 Å². The quantitative estimate of drug-likeness (QED) is 0.853. The van der Waals surface area contributed by atoms with Gasteiger partial charge >= 0.3 is 6.36 Å². The molecule has 1 heterocycles. The maximum atomic E-state index is 12.2. The Hall–Kier alpha value is -1.21. The van der Waals surface area contributed by atoms with Gasteiger partial charge in [0.2, 0.25) is 0 Å². The second kappa shape index (κ2) is 5.42. The molecule has 1 aromatic rings. The highest BCUT2D eigenvalue weighted by molar-refractivity contribution is 6.17. The number of hydrogen-bond acceptors (Lipinski definition) is 4. The molecule has 1 N–H and O–H groups in total. The van der Waals surface area contributed by atoms with Crippen LogP contribution < -0.4 is 9.47 Å². The maximum Gasteiger partial charge on any atom is 0.573 e. The van der Waals surface area contributed by atoms with Crippen molar-refractivity contribution >= 4 is 11.6 Å². The molecule has 0 spiro atoms. The van der Waals surface area contributed by atoms with Crippen molar-refractivity contribution in [2.45, 2.75) is 18.8 Å². The molecule has 0 aromatic carbocycles. The predicted molar refractivity (Wildman–Crippen MR) is 53.0 cm³/mol. The van der Waals surface area contributed by atoms with E-state index in [9.17, 15) is 13.2 Å². The van der Waals surface area contributed by atoms with Gasteiger partial charge in [0.05, 0.1) is 19.6 Å². The van der Waals surface area contributed by atoms with Gasteiger partial charge in [0.1, 0.15) is 5.69 Å². The van der Waals surface area contributed by atoms with Crippen molar-refractivity contribution in [3.8, 4) is 11.5 Å². The number of methoxy groups -OCH3 is 1. The molecule has 0 bridgehead atoms. The Bertz CT molecular complexity index is 398. The van der Waals surface area contributed by atoms with Crippen molar-refractivity contribution in [3.63, 3.8) is 0 Å². The van der Waals surface area contributed by atoms with Crippen molar-refractivity contribution < 1.29 is 27.8 Å². The normalized spacial score (nSPS) is 11.4. The Balaban J connectivity index is 3.30. The zero-order valence-corrected chi connectivity index (χ0v) is 9.47. The van der Waals surface area contributed by atoms with Crippen LogP contribution in [0.3, 0.4) is 0 Å². The van der Waals surface area contributed by atoms with E-state index in [1.807, 2.05) is 0 Å². The lowest BCUT2D eigenvalue weighted by Crippen LogP contribution is -2.19. The molecule has 0 radical (unpaired) electrons. The Morgan fingerprint density at radius 3 is 2.47 bits per heavy atom. The Morgan fingerprint density at radius 2 is 2.06 bits per heavy atom. The molecule has 0 saturated heterocycles. The van der Waals surface area contributed by atoms with E-state index in [2.05, 4.69) is 9.72 Å². The summed E-state index contributed by atoms with van der Waals surface area (Å²) in [6, 6.07) is 0. The molecule has 0 fully saturated rings. The van der Waals surface area contributed by atoms with Crippen LogP contribution in [0.5, 0.6) is 11.5 Å². The van der Waals surface area contributed by atoms with Gasteiger partial charge in [-0.3, -0.25) is 4.98 Å². The molecule has 17 heavy (non-hydrogen) atoms. The highest BCUT2D eigenvalue weighted by atomic mass is 35.5. The van der Waals surface area contributed by atoms with Crippen molar-refractivity contribution in [2.24, 2.45) is 0 Å². The molecule has 0 amide bonds. The van der Waals surface area contributed by atoms with E-state index in [0.29, 0.717) is 0 Å². The fraction of sp³-hybridized carbons (Fsp3) is 0.444. The SMILES string of the molecule is COc1c(CO)ncc(CCl)c1OC(F)(F)F. The molecule has 0 aliphatic carbocycles. The number of rotatable bonds is 4. The number of aliphatic hydroxyl groups is 1. The number of aliphatic hydroxyl groups excluding tert-OH is 1. The largest absolute Gasteiger partial charge is 0.573 e. The Labute approximate surface area is 99.9 Å². The zero-order chi connectivity index (χ0) is 13.1. The van der Waals surface area contributed by atoms with Gasteiger partial charge in [0, 0.05) is 11.8 Å². The molecule has 96 valence electrons. The summed E-state index contributed by atoms with van der Waals surface area (Å²) < 4.78 is 45.2. The van der Waals surface area contributed by atoms with Crippen LogP contribution in [0, 0.1) is 0 Å². The minimum absolute atomic E-state index is 0.0260. The van der Waals surface area contributed by atoms with Crippen LogP contribution in [0.2, 0.25) is 0 Å². The minimum atomic E-state index is -4.87. The van der Waals surface area contributed by atoms with Crippen LogP contribution in [-0.2, 0) is 12.5 Å². The summed E-state index contributed by atoms with van der Waals surface area (Å²) in [4.78, 5) is 3.72. The Kier molecular flexibility index (Phi) is 4.41. The summed E-state index contributed by atoms with van der Waals surface area (Å²) in [7, 11) is 1.15. The number of hydrogen-bond donors (Lipinski definition) is 1. The molecule has 0 unspecified atom stereocenters. The lowest BCUT2D eigenvalue weighted by atomic mass is 10.2. The number of aromatic nitrogens is 1. The molecular formula is C9H9ClF3NO3. The van der Waals surface area contributed by atoms with Gasteiger partial charge in [-0.25, -0.2) is 0 Å². The number of pyridine rings is 1. The summed E-state index contributed by atoms with van der Waals surface area (Å²) in [6.45, 7) is -0.569. The van der Waals surface area contributed by atoms with E-state index in [1.165, 1.54) is 0 Å². The number of alkyl halides is 4. The first kappa shape index (κ1) is 13.9. The summed E-state index contributed by atoms with van der Waals surface area (Å²) in [6.07, 6.45) is -3.77. The van der Waals surface area contributed by atoms with Gasteiger partial charge in [0.15, 0.2) is 11.5 Å². The second-order valence-corrected chi connectivity index (χ2v) is 3.20. The van der Waals surface area contributed by atoms with Crippen molar-refractivity contribution in [1.82, 2.24) is 4.98 Å². The zero-order valence-electron chi connectivity index (χ0n) is 8.71. The first-order valence-electron chi connectivity index (χ1n) is 4.40. The van der Waals surface area contributed by atoms with E-state index in [4.69, 9.17) is 21.4 Å². The molecule has 8 heteroatoms. The van der Waals surface area contributed by atoms with Crippen LogP contribution in [-0.4, -0.2) is 23.6 Å². The molecular weight excluding hydrogens is 263 g/mol. The highest BCUT2D eigenvalue weighted by Crippen LogP contribution is 2.37. The average molecular weight is 272 g/mol. The van der Waals surface area contributed by atoms with Crippen LogP contribution in [0.1, 0.15) is 11.3 Å². The summed E-state index contributed by atoms with van der Waals surface area (Å²) in [5.74, 6) is -1.07. The van der Waals surface area contributed by atoms with Gasteiger partial charge in [-0.05, 0) is 0 Å². The Morgan fingerprint density at radius 1 is 1.41 bits per heavy atom. The van der Waals surface area contributed by atoms with E-state index in [-0.39, 0.29) is 22.9 Å². The minimum Gasteiger partial charge on any atom is -0.491 e. The first-order chi connectivity index (χ1) is 7.92. The first-order valence-corrected chi connectivity index (χ1v) is 4.93. The van der Waals surface area contributed by atoms with E-state index in [1.54, 1.807) is 0 Å². The van der Waals surface area contributed by atoms with Crippen molar-refractivity contribution in [1.29, 1.82) is 0 Å². The van der Waals surface area contributed by atoms with Crippen molar-refractivity contribution in [3.05, 3.63) is 17.5 Å². The molecule has 1 rings (SSSR count). The predicted octanol–water partition coefficient (Wildman–Crippen LogP) is 2.22. The lowest BCUT2D eigenvalue weighted by molar-refractivity contribution is -0.275. The third-order valence-electron chi connectivity index (χ3n) is 1.85. The number of halogens is 4. The highest BCUT2D eigenvalue weighted by Gasteiger charge is 2.34. The molecule has 1 aromatic heterocycles. The van der Waals surface area contributed by atoms with E-state index >= 15 is 0 Å². The topological polar surface area (TPSA) is 51.6 Å². The maximum absolute atomic E-state index is 12.2. The smallest absolute Gasteiger partial charge is 0.491 e. The lowest BCUT2D eigenvalue weighted by Gasteiger charge is -2.16. The summed E-state index contributed by atoms with van der Waals surface area (Å²) in [5, 5.41) is 8.92. The van der Waals surface area contributed by atoms with Gasteiger partial charge < -0.3 is 14.6 Å². The van der Waals surface area contributed by atoms with E-state index < -0.39 is 18.7 Å². The molecule has 0 aliphatic heterocycles. The van der Waals surface area contributed by atoms with Crippen LogP contribution in [0.4, 0.5) is 13.2 Å². The summed E-state index contributed by atoms with van der Waals surface area (Å²) >= 11 is 5.48. The standard InChI is InChI=1S/C9H9ClF3NO3/c1-16-8-6(4-15)14-3-5(2-10)7(8)17-9(11,12)13/h3,15H,2,4H2,1H3. The van der Waals surface area contributed by atoms with Gasteiger partial charge in [-0.1, -0.05) is 0 Å². The molecule has 0 atom stereocenters. The fourth-order valence-electron chi connectivity index (χ4n) is 1.20. The fourth-order valence-corrected chi connectivity index (χ4v) is 1.39. The monoisotopic (exact) mass is 271 g/mol.